The first kappa shape index (κ1) is 12.7. The average molecular weight is 283 g/mol. The molecule has 4 nitrogen and oxygen atoms in total. The van der Waals surface area contributed by atoms with Crippen molar-refractivity contribution in [2.24, 2.45) is 5.92 Å². The highest BCUT2D eigenvalue weighted by Gasteiger charge is 2.57. The first-order valence-corrected chi connectivity index (χ1v) is 7.29. The third kappa shape index (κ3) is 1.58. The van der Waals surface area contributed by atoms with Crippen LogP contribution in [0.2, 0.25) is 0 Å². The molecule has 0 amide bonds. The van der Waals surface area contributed by atoms with Crippen LogP contribution in [0.3, 0.4) is 0 Å². The predicted octanol–water partition coefficient (Wildman–Crippen LogP) is 2.07. The maximum absolute atomic E-state index is 10.2. The zero-order valence-corrected chi connectivity index (χ0v) is 11.9. The first-order chi connectivity index (χ1) is 10.2. The van der Waals surface area contributed by atoms with E-state index in [9.17, 15) is 10.4 Å². The van der Waals surface area contributed by atoms with E-state index >= 15 is 0 Å². The lowest BCUT2D eigenvalue weighted by molar-refractivity contribution is 0.0492. The maximum atomic E-state index is 10.2. The van der Waals surface area contributed by atoms with Gasteiger partial charge in [0, 0.05) is 12.3 Å². The second-order valence-corrected chi connectivity index (χ2v) is 6.22. The highest BCUT2D eigenvalue weighted by molar-refractivity contribution is 5.51. The molecule has 1 heterocycles. The first-order valence-electron chi connectivity index (χ1n) is 7.29. The number of aliphatic hydroxyl groups is 1. The molecule has 0 unspecified atom stereocenters. The van der Waals surface area contributed by atoms with Crippen LogP contribution in [0, 0.1) is 17.2 Å². The van der Waals surface area contributed by atoms with Crippen molar-refractivity contribution in [1.29, 1.82) is 5.26 Å². The van der Waals surface area contributed by atoms with Crippen molar-refractivity contribution in [3.8, 4) is 11.8 Å². The van der Waals surface area contributed by atoms with E-state index in [0.29, 0.717) is 12.8 Å². The number of nitriles is 1. The quantitative estimate of drug-likeness (QED) is 0.857. The Morgan fingerprint density at radius 1 is 1.43 bits per heavy atom. The second kappa shape index (κ2) is 4.25. The fourth-order valence-electron chi connectivity index (χ4n) is 4.35. The van der Waals surface area contributed by atoms with Gasteiger partial charge in [-0.05, 0) is 41.7 Å². The molecule has 2 aliphatic carbocycles. The summed E-state index contributed by atoms with van der Waals surface area (Å²) in [6, 6.07) is 8.40. The van der Waals surface area contributed by atoms with Crippen molar-refractivity contribution in [2.45, 2.75) is 36.9 Å². The Balaban J connectivity index is 1.92. The summed E-state index contributed by atoms with van der Waals surface area (Å²) in [6.45, 7) is 0. The van der Waals surface area contributed by atoms with Crippen LogP contribution in [0.25, 0.3) is 0 Å². The Morgan fingerprint density at radius 2 is 2.29 bits per heavy atom. The number of methoxy groups -OCH3 is 1. The normalized spacial score (nSPS) is 35.9. The van der Waals surface area contributed by atoms with E-state index in [2.05, 4.69) is 6.07 Å². The summed E-state index contributed by atoms with van der Waals surface area (Å²) in [5.41, 5.74) is 2.54. The topological polar surface area (TPSA) is 62.5 Å². The third-order valence-electron chi connectivity index (χ3n) is 5.14. The van der Waals surface area contributed by atoms with Crippen LogP contribution in [-0.4, -0.2) is 24.4 Å². The van der Waals surface area contributed by atoms with Crippen LogP contribution < -0.4 is 4.74 Å². The minimum Gasteiger partial charge on any atom is -0.497 e. The molecule has 0 bridgehead atoms. The number of rotatable bonds is 1. The van der Waals surface area contributed by atoms with E-state index in [1.54, 1.807) is 13.4 Å². The smallest absolute Gasteiger partial charge is 0.119 e. The summed E-state index contributed by atoms with van der Waals surface area (Å²) in [7, 11) is 1.64. The van der Waals surface area contributed by atoms with Crippen molar-refractivity contribution in [3.63, 3.8) is 0 Å². The Bertz CT molecular complexity index is 675. The Kier molecular flexibility index (Phi) is 2.58. The van der Waals surface area contributed by atoms with Crippen LogP contribution in [-0.2, 0) is 16.6 Å². The van der Waals surface area contributed by atoms with Crippen molar-refractivity contribution >= 4 is 0 Å². The molecule has 108 valence electrons. The summed E-state index contributed by atoms with van der Waals surface area (Å²) in [4.78, 5) is 0. The lowest BCUT2D eigenvalue weighted by Crippen LogP contribution is -2.50. The Labute approximate surface area is 123 Å². The number of hydrogen-bond donors (Lipinski definition) is 1. The average Bonchev–Trinajstić information content (AvgIpc) is 2.90. The van der Waals surface area contributed by atoms with E-state index in [0.717, 1.165) is 28.9 Å². The van der Waals surface area contributed by atoms with Gasteiger partial charge in [-0.25, -0.2) is 0 Å². The molecule has 0 saturated heterocycles. The fraction of sp³-hybridized carbons (Fsp3) is 0.471. The molecule has 1 fully saturated rings. The minimum absolute atomic E-state index is 0.00626. The number of nitrogens with zero attached hydrogens (tertiary/aromatic N) is 1. The minimum atomic E-state index is -0.676. The summed E-state index contributed by atoms with van der Waals surface area (Å²) < 4.78 is 11.1. The molecule has 21 heavy (non-hydrogen) atoms. The monoisotopic (exact) mass is 283 g/mol. The molecular formula is C17H17NO3. The number of aliphatic hydroxyl groups excluding tert-OH is 1. The molecule has 1 N–H and O–H groups in total. The van der Waals surface area contributed by atoms with Gasteiger partial charge in [0.2, 0.25) is 0 Å². The van der Waals surface area contributed by atoms with Gasteiger partial charge in [-0.1, -0.05) is 6.07 Å². The standard InChI is InChI=1S/C17H17NO3/c1-20-13-2-3-14-10(5-13)6-15-16-11(8-21-15)4-12(19)7-17(14,16)9-18/h2-3,5,8,12,15-16,19H,4,6-7H2,1H3/t12-,15+,16+,17+/m0/s1. The van der Waals surface area contributed by atoms with E-state index in [-0.39, 0.29) is 12.0 Å². The lowest BCUT2D eigenvalue weighted by atomic mass is 9.55. The molecule has 0 spiro atoms. The Hall–Kier alpha value is -1.99. The van der Waals surface area contributed by atoms with Gasteiger partial charge in [-0.15, -0.1) is 0 Å². The van der Waals surface area contributed by atoms with Crippen LogP contribution in [0.1, 0.15) is 24.0 Å². The second-order valence-electron chi connectivity index (χ2n) is 6.22. The van der Waals surface area contributed by atoms with E-state index < -0.39 is 11.5 Å². The van der Waals surface area contributed by atoms with Crippen molar-refractivity contribution in [3.05, 3.63) is 41.2 Å². The van der Waals surface area contributed by atoms with E-state index in [1.165, 1.54) is 0 Å². The third-order valence-corrected chi connectivity index (χ3v) is 5.14. The van der Waals surface area contributed by atoms with Gasteiger partial charge < -0.3 is 14.6 Å². The van der Waals surface area contributed by atoms with Crippen molar-refractivity contribution in [1.82, 2.24) is 0 Å². The fourth-order valence-corrected chi connectivity index (χ4v) is 4.35. The van der Waals surface area contributed by atoms with Gasteiger partial charge in [-0.2, -0.15) is 5.26 Å². The van der Waals surface area contributed by atoms with Gasteiger partial charge in [0.1, 0.15) is 11.9 Å². The lowest BCUT2D eigenvalue weighted by Gasteiger charge is -2.46. The zero-order valence-electron chi connectivity index (χ0n) is 11.9. The maximum Gasteiger partial charge on any atom is 0.119 e. The molecule has 0 radical (unpaired) electrons. The van der Waals surface area contributed by atoms with Crippen LogP contribution in [0.15, 0.2) is 30.0 Å². The van der Waals surface area contributed by atoms with Gasteiger partial charge in [0.05, 0.1) is 31.0 Å². The summed E-state index contributed by atoms with van der Waals surface area (Å²) in [5.74, 6) is 0.870. The summed E-state index contributed by atoms with van der Waals surface area (Å²) >= 11 is 0. The number of ether oxygens (including phenoxy) is 2. The number of benzene rings is 1. The summed E-state index contributed by atoms with van der Waals surface area (Å²) in [6.07, 6.45) is 3.18. The van der Waals surface area contributed by atoms with Crippen LogP contribution in [0.4, 0.5) is 0 Å². The van der Waals surface area contributed by atoms with Crippen molar-refractivity contribution in [2.75, 3.05) is 7.11 Å². The van der Waals surface area contributed by atoms with Gasteiger partial charge in [0.15, 0.2) is 0 Å². The molecule has 3 aliphatic rings. The van der Waals surface area contributed by atoms with Crippen LogP contribution >= 0.6 is 0 Å². The zero-order chi connectivity index (χ0) is 14.6. The number of hydrogen-bond acceptors (Lipinski definition) is 4. The van der Waals surface area contributed by atoms with Gasteiger partial charge in [0.25, 0.3) is 0 Å². The molecule has 4 heteroatoms. The molecule has 1 aromatic rings. The molecular weight excluding hydrogens is 266 g/mol. The number of fused-ring (bicyclic) bond motifs is 2. The molecule has 1 saturated carbocycles. The summed E-state index contributed by atoms with van der Waals surface area (Å²) in [5, 5.41) is 20.2. The largest absolute Gasteiger partial charge is 0.497 e. The van der Waals surface area contributed by atoms with E-state index in [1.807, 2.05) is 18.2 Å². The molecule has 4 rings (SSSR count). The molecule has 0 aromatic heterocycles. The molecule has 4 atom stereocenters. The van der Waals surface area contributed by atoms with Gasteiger partial charge in [-0.3, -0.25) is 0 Å². The highest BCUT2D eigenvalue weighted by atomic mass is 16.5. The molecule has 1 aromatic carbocycles. The SMILES string of the molecule is COc1ccc2c(c1)C[C@H]1OC=C3C[C@H](O)C[C@]2(C#N)[C@H]31. The Morgan fingerprint density at radius 3 is 3.05 bits per heavy atom. The molecule has 1 aliphatic heterocycles. The predicted molar refractivity (Wildman–Crippen MR) is 75.7 cm³/mol. The van der Waals surface area contributed by atoms with Gasteiger partial charge >= 0.3 is 0 Å². The van der Waals surface area contributed by atoms with Crippen LogP contribution in [0.5, 0.6) is 5.75 Å². The van der Waals surface area contributed by atoms with E-state index in [4.69, 9.17) is 9.47 Å². The highest BCUT2D eigenvalue weighted by Crippen LogP contribution is 2.55. The van der Waals surface area contributed by atoms with Crippen molar-refractivity contribution < 1.29 is 14.6 Å².